The highest BCUT2D eigenvalue weighted by Gasteiger charge is 1.87. The van der Waals surface area contributed by atoms with Gasteiger partial charge in [0.2, 0.25) is 0 Å². The Morgan fingerprint density at radius 1 is 1.06 bits per heavy atom. The molecule has 0 bridgehead atoms. The molecule has 0 spiro atoms. The van der Waals surface area contributed by atoms with Crippen LogP contribution in [0.2, 0.25) is 0 Å². The van der Waals surface area contributed by atoms with Gasteiger partial charge in [-0.1, -0.05) is 47.0 Å². The molecule has 0 saturated heterocycles. The molecule has 2 nitrogen and oxygen atoms in total. The molecule has 0 aromatic carbocycles. The Hall–Kier alpha value is -0.890. The zero-order chi connectivity index (χ0) is 13.4. The van der Waals surface area contributed by atoms with E-state index in [2.05, 4.69) is 24.1 Å². The summed E-state index contributed by atoms with van der Waals surface area (Å²) in [4.78, 5) is 3.93. The second-order valence-corrected chi connectivity index (χ2v) is 3.56. The van der Waals surface area contributed by atoms with Crippen molar-refractivity contribution in [1.82, 2.24) is 10.3 Å². The van der Waals surface area contributed by atoms with E-state index < -0.39 is 0 Å². The van der Waals surface area contributed by atoms with Gasteiger partial charge in [-0.05, 0) is 37.7 Å². The minimum atomic E-state index is 1.03. The maximum atomic E-state index is 3.93. The molecular weight excluding hydrogens is 208 g/mol. The third kappa shape index (κ3) is 15.1. The van der Waals surface area contributed by atoms with Gasteiger partial charge in [-0.15, -0.1) is 0 Å². The first kappa shape index (κ1) is 18.5. The molecule has 0 unspecified atom stereocenters. The second-order valence-electron chi connectivity index (χ2n) is 3.56. The molecule has 17 heavy (non-hydrogen) atoms. The highest BCUT2D eigenvalue weighted by atomic mass is 14.8. The molecule has 100 valence electrons. The van der Waals surface area contributed by atoms with Crippen LogP contribution >= 0.6 is 0 Å². The third-order valence-electron chi connectivity index (χ3n) is 2.12. The van der Waals surface area contributed by atoms with Crippen LogP contribution in [0.3, 0.4) is 0 Å². The summed E-state index contributed by atoms with van der Waals surface area (Å²) in [5, 5.41) is 3.10. The topological polar surface area (TPSA) is 24.9 Å². The predicted octanol–water partition coefficient (Wildman–Crippen LogP) is 4.07. The maximum absolute atomic E-state index is 3.93. The number of pyridine rings is 1. The van der Waals surface area contributed by atoms with Crippen molar-refractivity contribution in [2.24, 2.45) is 0 Å². The lowest BCUT2D eigenvalue weighted by molar-refractivity contribution is 0.772. The van der Waals surface area contributed by atoms with Gasteiger partial charge in [-0.2, -0.15) is 0 Å². The summed E-state index contributed by atoms with van der Waals surface area (Å²) in [7, 11) is 1.96. The van der Waals surface area contributed by atoms with Gasteiger partial charge in [0.25, 0.3) is 0 Å². The Labute approximate surface area is 108 Å². The molecule has 0 aliphatic heterocycles. The summed E-state index contributed by atoms with van der Waals surface area (Å²) >= 11 is 0. The summed E-state index contributed by atoms with van der Waals surface area (Å²) < 4.78 is 0. The molecule has 1 heterocycles. The number of aromatic nitrogens is 1. The smallest absolute Gasteiger partial charge is 0.0270 e. The first-order chi connectivity index (χ1) is 8.35. The van der Waals surface area contributed by atoms with Gasteiger partial charge in [0.1, 0.15) is 0 Å². The normalized spacial score (nSPS) is 8.53. The van der Waals surface area contributed by atoms with Crippen LogP contribution in [0, 0.1) is 0 Å². The summed E-state index contributed by atoms with van der Waals surface area (Å²) in [6, 6.07) is 4.08. The molecule has 0 aliphatic carbocycles. The van der Waals surface area contributed by atoms with Gasteiger partial charge in [-0.25, -0.2) is 0 Å². The van der Waals surface area contributed by atoms with Crippen molar-refractivity contribution < 1.29 is 0 Å². The molecule has 1 aromatic rings. The molecule has 1 rings (SSSR count). The molecule has 0 fully saturated rings. The van der Waals surface area contributed by atoms with Crippen LogP contribution in [0.5, 0.6) is 0 Å². The van der Waals surface area contributed by atoms with E-state index in [9.17, 15) is 0 Å². The highest BCUT2D eigenvalue weighted by Crippen LogP contribution is 1.95. The van der Waals surface area contributed by atoms with Crippen molar-refractivity contribution in [2.75, 3.05) is 13.6 Å². The largest absolute Gasteiger partial charge is 0.319 e. The fourth-order valence-corrected chi connectivity index (χ4v) is 1.17. The van der Waals surface area contributed by atoms with Crippen molar-refractivity contribution in [3.05, 3.63) is 30.1 Å². The van der Waals surface area contributed by atoms with E-state index in [0.29, 0.717) is 0 Å². The van der Waals surface area contributed by atoms with E-state index in [1.807, 2.05) is 45.4 Å². The quantitative estimate of drug-likeness (QED) is 0.836. The van der Waals surface area contributed by atoms with E-state index in [1.165, 1.54) is 24.8 Å². The van der Waals surface area contributed by atoms with E-state index in [1.54, 1.807) is 0 Å². The van der Waals surface area contributed by atoms with Crippen LogP contribution in [0.15, 0.2) is 24.5 Å². The molecule has 0 aliphatic rings. The van der Waals surface area contributed by atoms with E-state index in [4.69, 9.17) is 0 Å². The Morgan fingerprint density at radius 3 is 1.94 bits per heavy atom. The van der Waals surface area contributed by atoms with Crippen LogP contribution in [-0.4, -0.2) is 18.6 Å². The van der Waals surface area contributed by atoms with Gasteiger partial charge < -0.3 is 5.32 Å². The number of likely N-dealkylation sites (N-methyl/N-ethyl adjacent to an activating group) is 1. The molecule has 2 heteroatoms. The van der Waals surface area contributed by atoms with Gasteiger partial charge in [0.15, 0.2) is 0 Å². The molecular formula is C15H30N2. The Bertz CT molecular complexity index is 207. The van der Waals surface area contributed by atoms with Crippen molar-refractivity contribution >= 4 is 0 Å². The molecule has 1 aromatic heterocycles. The number of hydrogen-bond acceptors (Lipinski definition) is 2. The molecule has 0 atom stereocenters. The standard InChI is InChI=1S/C8H12N2.C5H12.C2H6/c1-9-5-2-8-3-6-10-7-4-8;1-3-5-4-2;1-2/h3-4,6-7,9H,2,5H2,1H3;3-5H2,1-2H3;1-2H3. The lowest BCUT2D eigenvalue weighted by atomic mass is 10.2. The van der Waals surface area contributed by atoms with Crippen LogP contribution in [0.25, 0.3) is 0 Å². The number of hydrogen-bond donors (Lipinski definition) is 1. The Balaban J connectivity index is 0. The van der Waals surface area contributed by atoms with E-state index in [-0.39, 0.29) is 0 Å². The lowest BCUT2D eigenvalue weighted by Gasteiger charge is -1.97. The second kappa shape index (κ2) is 17.5. The van der Waals surface area contributed by atoms with Gasteiger partial charge >= 0.3 is 0 Å². The first-order valence-electron chi connectivity index (χ1n) is 6.88. The fourth-order valence-electron chi connectivity index (χ4n) is 1.17. The monoisotopic (exact) mass is 238 g/mol. The maximum Gasteiger partial charge on any atom is 0.0270 e. The summed E-state index contributed by atoms with van der Waals surface area (Å²) in [5.74, 6) is 0. The summed E-state index contributed by atoms with van der Waals surface area (Å²) in [6.07, 6.45) is 8.81. The van der Waals surface area contributed by atoms with Crippen molar-refractivity contribution in [1.29, 1.82) is 0 Å². The van der Waals surface area contributed by atoms with Crippen molar-refractivity contribution in [3.63, 3.8) is 0 Å². The highest BCUT2D eigenvalue weighted by molar-refractivity contribution is 5.09. The van der Waals surface area contributed by atoms with Crippen LogP contribution in [0.4, 0.5) is 0 Å². The fraction of sp³-hybridized carbons (Fsp3) is 0.667. The number of rotatable bonds is 5. The molecule has 0 amide bonds. The zero-order valence-electron chi connectivity index (χ0n) is 12.3. The third-order valence-corrected chi connectivity index (χ3v) is 2.12. The number of nitrogens with one attached hydrogen (secondary N) is 1. The number of unbranched alkanes of at least 4 members (excludes halogenated alkanes) is 2. The average molecular weight is 238 g/mol. The lowest BCUT2D eigenvalue weighted by Crippen LogP contribution is -2.10. The van der Waals surface area contributed by atoms with E-state index in [0.717, 1.165) is 13.0 Å². The Morgan fingerprint density at radius 2 is 1.59 bits per heavy atom. The first-order valence-corrected chi connectivity index (χ1v) is 6.88. The molecule has 0 saturated carbocycles. The van der Waals surface area contributed by atoms with Crippen LogP contribution < -0.4 is 5.32 Å². The van der Waals surface area contributed by atoms with Crippen molar-refractivity contribution in [3.8, 4) is 0 Å². The summed E-state index contributed by atoms with van der Waals surface area (Å²) in [6.45, 7) is 9.46. The van der Waals surface area contributed by atoms with Crippen LogP contribution in [0.1, 0.15) is 52.5 Å². The summed E-state index contributed by atoms with van der Waals surface area (Å²) in [5.41, 5.74) is 1.34. The minimum Gasteiger partial charge on any atom is -0.319 e. The molecule has 1 N–H and O–H groups in total. The Kier molecular flexibility index (Phi) is 19.0. The van der Waals surface area contributed by atoms with Gasteiger partial charge in [0, 0.05) is 12.4 Å². The average Bonchev–Trinajstić information content (AvgIpc) is 2.41. The predicted molar refractivity (Wildman–Crippen MR) is 78.4 cm³/mol. The van der Waals surface area contributed by atoms with Gasteiger partial charge in [-0.3, -0.25) is 4.98 Å². The number of nitrogens with zero attached hydrogens (tertiary/aromatic N) is 1. The van der Waals surface area contributed by atoms with E-state index >= 15 is 0 Å². The zero-order valence-corrected chi connectivity index (χ0v) is 12.3. The minimum absolute atomic E-state index is 1.03. The van der Waals surface area contributed by atoms with Crippen LogP contribution in [-0.2, 0) is 6.42 Å². The van der Waals surface area contributed by atoms with Gasteiger partial charge in [0.05, 0.1) is 0 Å². The SMILES string of the molecule is CC.CCCCC.CNCCc1ccncc1. The molecule has 0 radical (unpaired) electrons. The van der Waals surface area contributed by atoms with Crippen molar-refractivity contribution in [2.45, 2.75) is 53.4 Å².